The van der Waals surface area contributed by atoms with Crippen molar-refractivity contribution in [2.24, 2.45) is 0 Å². The van der Waals surface area contributed by atoms with Crippen LogP contribution in [0.15, 0.2) is 103 Å². The molecule has 1 unspecified atom stereocenters. The third-order valence-corrected chi connectivity index (χ3v) is 10.3. The van der Waals surface area contributed by atoms with Gasteiger partial charge in [0.1, 0.15) is 0 Å². The number of alkyl halides is 6. The summed E-state index contributed by atoms with van der Waals surface area (Å²) in [6, 6.07) is 26.2. The van der Waals surface area contributed by atoms with E-state index in [1.54, 1.807) is 39.0 Å². The predicted molar refractivity (Wildman–Crippen MR) is 154 cm³/mol. The lowest BCUT2D eigenvalue weighted by Gasteiger charge is -2.30. The quantitative estimate of drug-likeness (QED) is 0.170. The number of hydrogen-bond donors (Lipinski definition) is 1. The van der Waals surface area contributed by atoms with E-state index in [2.05, 4.69) is 4.72 Å². The van der Waals surface area contributed by atoms with Gasteiger partial charge in [-0.15, -0.1) is 0 Å². The Labute approximate surface area is 239 Å². The molecule has 0 aromatic heterocycles. The van der Waals surface area contributed by atoms with Gasteiger partial charge in [-0.1, -0.05) is 84.9 Å². The number of nitrogens with one attached hydrogen (secondary N) is 1. The smallest absolute Gasteiger partial charge is 0.242 e. The lowest BCUT2D eigenvalue weighted by atomic mass is 9.95. The van der Waals surface area contributed by atoms with Crippen molar-refractivity contribution in [2.45, 2.75) is 43.9 Å². The Morgan fingerprint density at radius 2 is 1.10 bits per heavy atom. The van der Waals surface area contributed by atoms with E-state index in [0.717, 1.165) is 10.6 Å². The maximum absolute atomic E-state index is 13.9. The van der Waals surface area contributed by atoms with Crippen molar-refractivity contribution in [3.63, 3.8) is 0 Å². The Hall–Kier alpha value is -3.00. The zero-order chi connectivity index (χ0) is 30.0. The van der Waals surface area contributed by atoms with Gasteiger partial charge in [-0.2, -0.15) is 26.3 Å². The van der Waals surface area contributed by atoms with Crippen LogP contribution in [0.4, 0.5) is 26.3 Å². The Balaban J connectivity index is 2.01. The molecule has 2 nitrogen and oxygen atoms in total. The topological polar surface area (TPSA) is 29.1 Å². The Morgan fingerprint density at radius 3 is 1.54 bits per heavy atom. The van der Waals surface area contributed by atoms with E-state index in [1.807, 2.05) is 66.7 Å². The fraction of sp³-hybridized carbons (Fsp3) is 0.226. The van der Waals surface area contributed by atoms with E-state index in [9.17, 15) is 30.6 Å². The first-order chi connectivity index (χ1) is 19.2. The van der Waals surface area contributed by atoms with Crippen LogP contribution in [0.25, 0.3) is 0 Å². The summed E-state index contributed by atoms with van der Waals surface area (Å²) in [5.74, 6) is 0. The fourth-order valence-electron chi connectivity index (χ4n) is 4.26. The first kappa shape index (κ1) is 30.9. The molecule has 4 aromatic carbocycles. The summed E-state index contributed by atoms with van der Waals surface area (Å²) < 4.78 is 98.6. The van der Waals surface area contributed by atoms with Crippen molar-refractivity contribution in [1.82, 2.24) is 4.72 Å². The summed E-state index contributed by atoms with van der Waals surface area (Å²) in [6.45, 7) is 5.02. The molecule has 2 atom stereocenters. The number of hydrogen-bond acceptors (Lipinski definition) is 1. The molecule has 0 fully saturated rings. The van der Waals surface area contributed by atoms with Crippen molar-refractivity contribution in [2.75, 3.05) is 0 Å². The van der Waals surface area contributed by atoms with Crippen LogP contribution < -0.4 is 20.6 Å². The summed E-state index contributed by atoms with van der Waals surface area (Å²) in [5.41, 5.74) is -2.70. The van der Waals surface area contributed by atoms with E-state index in [-0.39, 0.29) is 11.6 Å². The van der Waals surface area contributed by atoms with Crippen molar-refractivity contribution < 1.29 is 30.6 Å². The molecule has 0 bridgehead atoms. The van der Waals surface area contributed by atoms with Gasteiger partial charge in [0.2, 0.25) is 0 Å². The van der Waals surface area contributed by atoms with Crippen molar-refractivity contribution in [3.05, 3.63) is 125 Å². The summed E-state index contributed by atoms with van der Waals surface area (Å²) in [5, 5.41) is 2.60. The SMILES string of the molecule is CC(C)(C)[S@@](=O)NC(c1cc(C(F)(F)F)cc(C(F)(F)F)c1)c1ccccc1P(c1ccccc1)c1ccccc1. The summed E-state index contributed by atoms with van der Waals surface area (Å²) in [7, 11) is -3.13. The average Bonchev–Trinajstić information content (AvgIpc) is 2.91. The van der Waals surface area contributed by atoms with Crippen molar-refractivity contribution >= 4 is 34.8 Å². The fourth-order valence-corrected chi connectivity index (χ4v) is 7.58. The monoisotopic (exact) mass is 607 g/mol. The first-order valence-corrected chi connectivity index (χ1v) is 15.1. The van der Waals surface area contributed by atoms with Crippen molar-refractivity contribution in [3.8, 4) is 0 Å². The maximum atomic E-state index is 13.9. The molecule has 0 aliphatic carbocycles. The maximum Gasteiger partial charge on any atom is 0.416 e. The van der Waals surface area contributed by atoms with Gasteiger partial charge in [0.15, 0.2) is 0 Å². The highest BCUT2D eigenvalue weighted by Crippen LogP contribution is 2.41. The third-order valence-electron chi connectivity index (χ3n) is 6.24. The lowest BCUT2D eigenvalue weighted by molar-refractivity contribution is -0.143. The summed E-state index contributed by atoms with van der Waals surface area (Å²) >= 11 is 0. The average molecular weight is 608 g/mol. The highest BCUT2D eigenvalue weighted by molar-refractivity contribution is 7.84. The molecule has 10 heteroatoms. The second-order valence-corrected chi connectivity index (χ2v) is 14.5. The van der Waals surface area contributed by atoms with Gasteiger partial charge < -0.3 is 0 Å². The van der Waals surface area contributed by atoms with E-state index in [4.69, 9.17) is 0 Å². The van der Waals surface area contributed by atoms with E-state index in [0.29, 0.717) is 23.0 Å². The molecule has 0 saturated heterocycles. The molecular weight excluding hydrogens is 579 g/mol. The van der Waals surface area contributed by atoms with Crippen LogP contribution in [0, 0.1) is 0 Å². The predicted octanol–water partition coefficient (Wildman–Crippen LogP) is 7.62. The molecule has 4 aromatic rings. The zero-order valence-corrected chi connectivity index (χ0v) is 24.1. The molecule has 0 amide bonds. The largest absolute Gasteiger partial charge is 0.416 e. The van der Waals surface area contributed by atoms with Crippen LogP contribution in [-0.4, -0.2) is 8.96 Å². The van der Waals surface area contributed by atoms with Gasteiger partial charge in [0, 0.05) is 0 Å². The molecule has 4 rings (SSSR count). The molecular formula is C31H28F6NOPS. The highest BCUT2D eigenvalue weighted by atomic mass is 32.2. The van der Waals surface area contributed by atoms with Gasteiger partial charge in [-0.3, -0.25) is 0 Å². The molecule has 0 radical (unpaired) electrons. The Kier molecular flexibility index (Phi) is 9.12. The van der Waals surface area contributed by atoms with Crippen LogP contribution in [0.1, 0.15) is 49.1 Å². The van der Waals surface area contributed by atoms with Gasteiger partial charge in [-0.25, -0.2) is 8.93 Å². The van der Waals surface area contributed by atoms with Gasteiger partial charge in [-0.05, 0) is 73.9 Å². The van der Waals surface area contributed by atoms with Gasteiger partial charge >= 0.3 is 12.4 Å². The summed E-state index contributed by atoms with van der Waals surface area (Å²) in [6.07, 6.45) is -10.0. The molecule has 41 heavy (non-hydrogen) atoms. The highest BCUT2D eigenvalue weighted by Gasteiger charge is 2.38. The minimum absolute atomic E-state index is 0.105. The van der Waals surface area contributed by atoms with Crippen LogP contribution in [0.2, 0.25) is 0 Å². The number of rotatable bonds is 7. The van der Waals surface area contributed by atoms with Crippen LogP contribution in [0.3, 0.4) is 0 Å². The van der Waals surface area contributed by atoms with Crippen LogP contribution >= 0.6 is 7.92 Å². The van der Waals surface area contributed by atoms with Crippen molar-refractivity contribution in [1.29, 1.82) is 0 Å². The zero-order valence-electron chi connectivity index (χ0n) is 22.4. The molecule has 216 valence electrons. The first-order valence-electron chi connectivity index (χ1n) is 12.6. The molecule has 0 heterocycles. The van der Waals surface area contributed by atoms with Gasteiger partial charge in [0.25, 0.3) is 0 Å². The second-order valence-electron chi connectivity index (χ2n) is 10.3. The Bertz CT molecular complexity index is 1430. The number of halogens is 6. The van der Waals surface area contributed by atoms with E-state index >= 15 is 0 Å². The molecule has 0 saturated carbocycles. The normalized spacial score (nSPS) is 14.2. The molecule has 1 N–H and O–H groups in total. The van der Waals surface area contributed by atoms with E-state index in [1.165, 1.54) is 0 Å². The molecule has 0 spiro atoms. The second kappa shape index (κ2) is 12.1. The van der Waals surface area contributed by atoms with Crippen LogP contribution in [0.5, 0.6) is 0 Å². The van der Waals surface area contributed by atoms with Crippen LogP contribution in [-0.2, 0) is 23.3 Å². The standard InChI is InChI=1S/C31H28F6NOPS/c1-29(2,3)41(39)38-28(21-18-22(30(32,33)34)20-23(19-21)31(35,36)37)26-16-10-11-17-27(26)40(24-12-6-4-7-13-24)25-14-8-5-9-15-25/h4-20,28,38H,1-3H3/t28?,41-/m1/s1. The molecule has 0 aliphatic heterocycles. The lowest BCUT2D eigenvalue weighted by Crippen LogP contribution is -2.38. The third kappa shape index (κ3) is 7.45. The van der Waals surface area contributed by atoms with Gasteiger partial charge in [0.05, 0.1) is 32.9 Å². The van der Waals surface area contributed by atoms with E-state index < -0.39 is 53.2 Å². The number of benzene rings is 4. The molecule has 0 aliphatic rings. The summed E-state index contributed by atoms with van der Waals surface area (Å²) in [4.78, 5) is 0. The Morgan fingerprint density at radius 1 is 0.659 bits per heavy atom. The minimum atomic E-state index is -5.02. The minimum Gasteiger partial charge on any atom is -0.242 e.